The Hall–Kier alpha value is -0.760. The van der Waals surface area contributed by atoms with Gasteiger partial charge in [0.1, 0.15) is 5.82 Å². The van der Waals surface area contributed by atoms with E-state index >= 15 is 0 Å². The van der Waals surface area contributed by atoms with Crippen molar-refractivity contribution in [2.75, 3.05) is 18.5 Å². The maximum absolute atomic E-state index is 13.3. The number of rotatable bonds is 0. The fourth-order valence-electron chi connectivity index (χ4n) is 2.16. The third-order valence-electron chi connectivity index (χ3n) is 2.81. The molecule has 0 aliphatic carbocycles. The average Bonchev–Trinajstić information content (AvgIpc) is 2.26. The minimum absolute atomic E-state index is 0.00944. The number of benzene rings is 1. The predicted octanol–water partition coefficient (Wildman–Crippen LogP) is 3.21. The van der Waals surface area contributed by atoms with E-state index in [1.807, 2.05) is 7.05 Å². The second kappa shape index (κ2) is 2.86. The van der Waals surface area contributed by atoms with Crippen LogP contribution in [0.3, 0.4) is 0 Å². The van der Waals surface area contributed by atoms with Gasteiger partial charge in [-0.2, -0.15) is 0 Å². The van der Waals surface area contributed by atoms with Crippen molar-refractivity contribution in [1.82, 2.24) is 0 Å². The smallest absolute Gasteiger partial charge is 0.142 e. The van der Waals surface area contributed by atoms with Crippen molar-refractivity contribution in [3.63, 3.8) is 0 Å². The molecule has 0 spiro atoms. The number of nitrogens with zero attached hydrogens (tertiary/aromatic N) is 1. The van der Waals surface area contributed by atoms with Crippen molar-refractivity contribution in [2.24, 2.45) is 0 Å². The summed E-state index contributed by atoms with van der Waals surface area (Å²) in [6.07, 6.45) is 0. The Morgan fingerprint density at radius 1 is 1.43 bits per heavy atom. The second-order valence-corrected chi connectivity index (χ2v) is 4.93. The zero-order chi connectivity index (χ0) is 10.5. The van der Waals surface area contributed by atoms with Crippen LogP contribution in [0.5, 0.6) is 0 Å². The van der Waals surface area contributed by atoms with Crippen LogP contribution >= 0.6 is 11.6 Å². The molecule has 0 aromatic heterocycles. The van der Waals surface area contributed by atoms with Crippen LogP contribution in [-0.2, 0) is 5.41 Å². The lowest BCUT2D eigenvalue weighted by molar-refractivity contribution is 0.555. The molecule has 1 aliphatic rings. The number of hydrogen-bond donors (Lipinski definition) is 0. The molecule has 0 N–H and O–H groups in total. The third-order valence-corrected chi connectivity index (χ3v) is 3.10. The molecule has 3 heteroatoms. The largest absolute Gasteiger partial charge is 0.373 e. The van der Waals surface area contributed by atoms with E-state index in [1.165, 1.54) is 0 Å². The second-order valence-electron chi connectivity index (χ2n) is 4.52. The molecule has 0 saturated heterocycles. The zero-order valence-electron chi connectivity index (χ0n) is 8.56. The highest BCUT2D eigenvalue weighted by Crippen LogP contribution is 2.41. The number of halogens is 2. The van der Waals surface area contributed by atoms with Crippen molar-refractivity contribution < 1.29 is 4.39 Å². The van der Waals surface area contributed by atoms with Crippen molar-refractivity contribution in [3.8, 4) is 0 Å². The van der Waals surface area contributed by atoms with Gasteiger partial charge in [-0.15, -0.1) is 0 Å². The third kappa shape index (κ3) is 1.29. The lowest BCUT2D eigenvalue weighted by Gasteiger charge is -2.18. The molecular weight excluding hydrogens is 201 g/mol. The molecule has 2 rings (SSSR count). The van der Waals surface area contributed by atoms with Gasteiger partial charge in [-0.05, 0) is 17.7 Å². The average molecular weight is 214 g/mol. The van der Waals surface area contributed by atoms with E-state index in [4.69, 9.17) is 11.6 Å². The van der Waals surface area contributed by atoms with Crippen molar-refractivity contribution in [2.45, 2.75) is 19.3 Å². The summed E-state index contributed by atoms with van der Waals surface area (Å²) in [6.45, 7) is 5.13. The number of likely N-dealkylation sites (N-methyl/N-ethyl adjacent to an activating group) is 1. The molecule has 0 bridgehead atoms. The molecule has 1 heterocycles. The van der Waals surface area contributed by atoms with Crippen LogP contribution in [0.25, 0.3) is 0 Å². The van der Waals surface area contributed by atoms with Crippen molar-refractivity contribution in [3.05, 3.63) is 28.5 Å². The van der Waals surface area contributed by atoms with E-state index in [0.29, 0.717) is 0 Å². The summed E-state index contributed by atoms with van der Waals surface area (Å²) in [5, 5.41) is 0.202. The summed E-state index contributed by atoms with van der Waals surface area (Å²) in [5.74, 6) is -0.325. The van der Waals surface area contributed by atoms with Crippen LogP contribution in [0, 0.1) is 5.82 Å². The Morgan fingerprint density at radius 2 is 2.07 bits per heavy atom. The Morgan fingerprint density at radius 3 is 2.71 bits per heavy atom. The summed E-state index contributed by atoms with van der Waals surface area (Å²) in [7, 11) is 2.00. The first kappa shape index (κ1) is 9.78. The Kier molecular flexibility index (Phi) is 2.00. The monoisotopic (exact) mass is 213 g/mol. The van der Waals surface area contributed by atoms with E-state index in [0.717, 1.165) is 17.8 Å². The van der Waals surface area contributed by atoms with Gasteiger partial charge in [0.15, 0.2) is 0 Å². The minimum Gasteiger partial charge on any atom is -0.373 e. The molecule has 0 saturated carbocycles. The van der Waals surface area contributed by atoms with Crippen LogP contribution < -0.4 is 4.90 Å². The van der Waals surface area contributed by atoms with Gasteiger partial charge >= 0.3 is 0 Å². The van der Waals surface area contributed by atoms with Gasteiger partial charge in [0.05, 0.1) is 5.02 Å². The SMILES string of the molecule is CN1CC(C)(C)c2cc(F)c(Cl)cc21. The van der Waals surface area contributed by atoms with Crippen molar-refractivity contribution in [1.29, 1.82) is 0 Å². The van der Waals surface area contributed by atoms with Gasteiger partial charge in [-0.1, -0.05) is 25.4 Å². The van der Waals surface area contributed by atoms with Gasteiger partial charge in [0.25, 0.3) is 0 Å². The van der Waals surface area contributed by atoms with Crippen molar-refractivity contribution >= 4 is 17.3 Å². The molecule has 0 radical (unpaired) electrons. The quantitative estimate of drug-likeness (QED) is 0.640. The first-order valence-electron chi connectivity index (χ1n) is 4.62. The molecule has 0 amide bonds. The van der Waals surface area contributed by atoms with Crippen LogP contribution in [0.15, 0.2) is 12.1 Å². The Labute approximate surface area is 88.5 Å². The topological polar surface area (TPSA) is 3.24 Å². The molecule has 1 aromatic carbocycles. The highest BCUT2D eigenvalue weighted by Gasteiger charge is 2.34. The summed E-state index contributed by atoms with van der Waals surface area (Å²) < 4.78 is 13.3. The Balaban J connectivity index is 2.64. The van der Waals surface area contributed by atoms with Gasteiger partial charge in [-0.3, -0.25) is 0 Å². The normalized spacial score (nSPS) is 18.5. The van der Waals surface area contributed by atoms with E-state index in [1.54, 1.807) is 12.1 Å². The molecule has 0 fully saturated rings. The standard InChI is InChI=1S/C11H13ClFN/c1-11(2)6-14(3)10-5-8(12)9(13)4-7(10)11/h4-5H,6H2,1-3H3. The van der Waals surface area contributed by atoms with Crippen LogP contribution in [0.1, 0.15) is 19.4 Å². The number of hydrogen-bond acceptors (Lipinski definition) is 1. The van der Waals surface area contributed by atoms with E-state index < -0.39 is 0 Å². The van der Waals surface area contributed by atoms with Crippen LogP contribution in [0.2, 0.25) is 5.02 Å². The predicted molar refractivity (Wildman–Crippen MR) is 57.7 cm³/mol. The van der Waals surface area contributed by atoms with Crippen LogP contribution in [-0.4, -0.2) is 13.6 Å². The van der Waals surface area contributed by atoms with Gasteiger partial charge < -0.3 is 4.90 Å². The van der Waals surface area contributed by atoms with Gasteiger partial charge in [-0.25, -0.2) is 4.39 Å². The highest BCUT2D eigenvalue weighted by atomic mass is 35.5. The highest BCUT2D eigenvalue weighted by molar-refractivity contribution is 6.31. The maximum Gasteiger partial charge on any atom is 0.142 e. The fourth-order valence-corrected chi connectivity index (χ4v) is 2.32. The molecule has 1 aromatic rings. The lowest BCUT2D eigenvalue weighted by atomic mass is 9.87. The molecular formula is C11H13ClFN. The summed E-state index contributed by atoms with van der Waals surface area (Å²) in [6, 6.07) is 3.27. The summed E-state index contributed by atoms with van der Waals surface area (Å²) in [5.41, 5.74) is 2.10. The van der Waals surface area contributed by atoms with E-state index in [2.05, 4.69) is 18.7 Å². The molecule has 14 heavy (non-hydrogen) atoms. The minimum atomic E-state index is -0.325. The Bertz CT molecular complexity index is 387. The maximum atomic E-state index is 13.3. The van der Waals surface area contributed by atoms with E-state index in [-0.39, 0.29) is 16.3 Å². The summed E-state index contributed by atoms with van der Waals surface area (Å²) in [4.78, 5) is 2.11. The van der Waals surface area contributed by atoms with Gasteiger partial charge in [0, 0.05) is 24.7 Å². The molecule has 0 unspecified atom stereocenters. The molecule has 76 valence electrons. The van der Waals surface area contributed by atoms with E-state index in [9.17, 15) is 4.39 Å². The van der Waals surface area contributed by atoms with Gasteiger partial charge in [0.2, 0.25) is 0 Å². The van der Waals surface area contributed by atoms with Crippen LogP contribution in [0.4, 0.5) is 10.1 Å². The molecule has 1 aliphatic heterocycles. The fraction of sp³-hybridized carbons (Fsp3) is 0.455. The summed E-state index contributed by atoms with van der Waals surface area (Å²) >= 11 is 5.75. The first-order valence-corrected chi connectivity index (χ1v) is 5.00. The number of fused-ring (bicyclic) bond motifs is 1. The number of anilines is 1. The lowest BCUT2D eigenvalue weighted by Crippen LogP contribution is -2.24. The molecule has 0 atom stereocenters. The zero-order valence-corrected chi connectivity index (χ0v) is 9.32. The molecule has 1 nitrogen and oxygen atoms in total. The first-order chi connectivity index (χ1) is 6.42.